The SMILES string of the molecule is C[N+](C)(C)CCCCCCCCc1ccc(N=Nc2ccc3c(c2)OCCOCCOCCOCCOCCO3)cc1. The third-order valence-electron chi connectivity index (χ3n) is 6.78. The maximum atomic E-state index is 5.97. The van der Waals surface area contributed by atoms with Gasteiger partial charge in [0.05, 0.1) is 91.9 Å². The maximum absolute atomic E-state index is 5.97. The molecule has 1 aliphatic rings. The van der Waals surface area contributed by atoms with E-state index in [1.54, 1.807) is 0 Å². The first-order valence-electron chi connectivity index (χ1n) is 15.5. The average molecular weight is 587 g/mol. The van der Waals surface area contributed by atoms with Gasteiger partial charge in [0.15, 0.2) is 11.5 Å². The number of ether oxygens (including phenoxy) is 6. The molecule has 9 heteroatoms. The van der Waals surface area contributed by atoms with Crippen LogP contribution in [0.1, 0.15) is 44.1 Å². The Labute approximate surface area is 252 Å². The van der Waals surface area contributed by atoms with E-state index < -0.39 is 0 Å². The fourth-order valence-corrected chi connectivity index (χ4v) is 4.44. The van der Waals surface area contributed by atoms with Gasteiger partial charge in [0, 0.05) is 6.07 Å². The van der Waals surface area contributed by atoms with Crippen molar-refractivity contribution in [1.82, 2.24) is 0 Å². The summed E-state index contributed by atoms with van der Waals surface area (Å²) in [6.07, 6.45) is 8.95. The zero-order chi connectivity index (χ0) is 29.7. The summed E-state index contributed by atoms with van der Waals surface area (Å²) in [7, 11) is 6.80. The van der Waals surface area contributed by atoms with Gasteiger partial charge in [-0.3, -0.25) is 0 Å². The van der Waals surface area contributed by atoms with Crippen molar-refractivity contribution < 1.29 is 32.9 Å². The fraction of sp³-hybridized carbons (Fsp3) is 0.636. The third kappa shape index (κ3) is 15.6. The molecule has 0 unspecified atom stereocenters. The molecule has 2 aromatic carbocycles. The molecular formula is C33H52N3O6+. The molecule has 0 saturated carbocycles. The molecule has 0 atom stereocenters. The molecule has 0 spiro atoms. The van der Waals surface area contributed by atoms with Gasteiger partial charge in [-0.1, -0.05) is 31.4 Å². The first kappa shape index (κ1) is 33.9. The number of fused-ring (bicyclic) bond motifs is 1. The summed E-state index contributed by atoms with van der Waals surface area (Å²) in [6, 6.07) is 13.9. The number of unbranched alkanes of at least 4 members (excludes halogenated alkanes) is 5. The maximum Gasteiger partial charge on any atom is 0.163 e. The van der Waals surface area contributed by atoms with Gasteiger partial charge in [0.25, 0.3) is 0 Å². The van der Waals surface area contributed by atoms with Gasteiger partial charge in [0.2, 0.25) is 0 Å². The van der Waals surface area contributed by atoms with Crippen LogP contribution in [0.4, 0.5) is 11.4 Å². The number of rotatable bonds is 11. The average Bonchev–Trinajstić information content (AvgIpc) is 2.97. The minimum Gasteiger partial charge on any atom is -0.487 e. The first-order valence-corrected chi connectivity index (χ1v) is 15.5. The Bertz CT molecular complexity index is 1010. The van der Waals surface area contributed by atoms with Gasteiger partial charge >= 0.3 is 0 Å². The summed E-state index contributed by atoms with van der Waals surface area (Å²) in [6.45, 7) is 6.07. The van der Waals surface area contributed by atoms with Crippen LogP contribution in [0, 0.1) is 0 Å². The van der Waals surface area contributed by atoms with E-state index in [0.717, 1.165) is 16.6 Å². The van der Waals surface area contributed by atoms with Crippen LogP contribution < -0.4 is 9.47 Å². The highest BCUT2D eigenvalue weighted by molar-refractivity contribution is 5.52. The van der Waals surface area contributed by atoms with Crippen molar-refractivity contribution in [2.24, 2.45) is 10.2 Å². The molecule has 0 radical (unpaired) electrons. The highest BCUT2D eigenvalue weighted by atomic mass is 16.6. The minimum absolute atomic E-state index is 0.384. The summed E-state index contributed by atoms with van der Waals surface area (Å²) in [4.78, 5) is 0. The van der Waals surface area contributed by atoms with Crippen molar-refractivity contribution in [2.45, 2.75) is 44.9 Å². The van der Waals surface area contributed by atoms with Crippen LogP contribution >= 0.6 is 0 Å². The van der Waals surface area contributed by atoms with Crippen molar-refractivity contribution >= 4 is 11.4 Å². The van der Waals surface area contributed by atoms with Gasteiger partial charge in [-0.15, -0.1) is 0 Å². The number of aryl methyl sites for hydroxylation is 1. The molecule has 1 heterocycles. The first-order chi connectivity index (χ1) is 20.5. The second-order valence-electron chi connectivity index (χ2n) is 11.5. The number of azo groups is 1. The summed E-state index contributed by atoms with van der Waals surface area (Å²) < 4.78 is 35.1. The van der Waals surface area contributed by atoms with Crippen molar-refractivity contribution in [3.63, 3.8) is 0 Å². The third-order valence-corrected chi connectivity index (χ3v) is 6.78. The molecule has 2 aromatic rings. The van der Waals surface area contributed by atoms with E-state index in [2.05, 4.69) is 43.5 Å². The van der Waals surface area contributed by atoms with Crippen molar-refractivity contribution in [2.75, 3.05) is 93.8 Å². The number of hydrogen-bond acceptors (Lipinski definition) is 8. The topological polar surface area (TPSA) is 80.1 Å². The molecule has 0 fully saturated rings. The quantitative estimate of drug-likeness (QED) is 0.169. The Morgan fingerprint density at radius 3 is 1.60 bits per heavy atom. The van der Waals surface area contributed by atoms with Crippen LogP contribution in [0.2, 0.25) is 0 Å². The lowest BCUT2D eigenvalue weighted by Gasteiger charge is -2.23. The highest BCUT2D eigenvalue weighted by Gasteiger charge is 2.09. The molecule has 0 bridgehead atoms. The Balaban J connectivity index is 1.45. The molecule has 0 aromatic heterocycles. The van der Waals surface area contributed by atoms with Gasteiger partial charge < -0.3 is 32.9 Å². The van der Waals surface area contributed by atoms with E-state index >= 15 is 0 Å². The Morgan fingerprint density at radius 2 is 1.00 bits per heavy atom. The smallest absolute Gasteiger partial charge is 0.163 e. The Hall–Kier alpha value is -2.56. The number of nitrogens with zero attached hydrogens (tertiary/aromatic N) is 3. The molecule has 1 aliphatic heterocycles. The second kappa shape index (κ2) is 20.4. The molecular weight excluding hydrogens is 534 g/mol. The van der Waals surface area contributed by atoms with Crippen LogP contribution in [0.15, 0.2) is 52.7 Å². The summed E-state index contributed by atoms with van der Waals surface area (Å²) in [5.41, 5.74) is 2.86. The summed E-state index contributed by atoms with van der Waals surface area (Å²) >= 11 is 0. The highest BCUT2D eigenvalue weighted by Crippen LogP contribution is 2.32. The van der Waals surface area contributed by atoms with Crippen LogP contribution in [-0.2, 0) is 25.4 Å². The molecule has 234 valence electrons. The lowest BCUT2D eigenvalue weighted by atomic mass is 10.0. The van der Waals surface area contributed by atoms with Crippen LogP contribution in [-0.4, -0.2) is 98.2 Å². The molecule has 0 N–H and O–H groups in total. The molecule has 3 rings (SSSR count). The molecule has 0 saturated heterocycles. The van der Waals surface area contributed by atoms with Gasteiger partial charge in [-0.05, 0) is 55.5 Å². The van der Waals surface area contributed by atoms with E-state index in [-0.39, 0.29) is 0 Å². The predicted octanol–water partition coefficient (Wildman–Crippen LogP) is 6.53. The van der Waals surface area contributed by atoms with Gasteiger partial charge in [0.1, 0.15) is 13.2 Å². The predicted molar refractivity (Wildman–Crippen MR) is 166 cm³/mol. The van der Waals surface area contributed by atoms with Crippen LogP contribution in [0.3, 0.4) is 0 Å². The standard InChI is InChI=1S/C33H52N3O6/c1-36(2,3)17-9-7-5-4-6-8-10-29-11-13-30(14-12-29)34-35-31-15-16-32-33(28-31)42-27-25-40-23-21-38-19-18-37-20-22-39-24-26-41-32/h11-16,28H,4-10,17-27H2,1-3H3/q+1. The van der Waals surface area contributed by atoms with Crippen molar-refractivity contribution in [3.8, 4) is 11.5 Å². The lowest BCUT2D eigenvalue weighted by molar-refractivity contribution is -0.870. The largest absolute Gasteiger partial charge is 0.487 e. The van der Waals surface area contributed by atoms with E-state index in [0.29, 0.717) is 83.3 Å². The number of hydrogen-bond donors (Lipinski definition) is 0. The van der Waals surface area contributed by atoms with Gasteiger partial charge in [-0.2, -0.15) is 10.2 Å². The zero-order valence-corrected chi connectivity index (χ0v) is 26.1. The van der Waals surface area contributed by atoms with E-state index in [9.17, 15) is 0 Å². The molecule has 0 aliphatic carbocycles. The van der Waals surface area contributed by atoms with E-state index in [1.807, 2.05) is 30.3 Å². The Morgan fingerprint density at radius 1 is 0.524 bits per heavy atom. The van der Waals surface area contributed by atoms with E-state index in [1.165, 1.54) is 50.6 Å². The summed E-state index contributed by atoms with van der Waals surface area (Å²) in [5.74, 6) is 1.23. The monoisotopic (exact) mass is 586 g/mol. The zero-order valence-electron chi connectivity index (χ0n) is 26.1. The number of benzene rings is 2. The molecule has 9 nitrogen and oxygen atoms in total. The van der Waals surface area contributed by atoms with E-state index in [4.69, 9.17) is 28.4 Å². The van der Waals surface area contributed by atoms with Gasteiger partial charge in [-0.25, -0.2) is 0 Å². The fourth-order valence-electron chi connectivity index (χ4n) is 4.44. The molecule has 0 amide bonds. The van der Waals surface area contributed by atoms with Crippen LogP contribution in [0.25, 0.3) is 0 Å². The normalized spacial score (nSPS) is 16.6. The van der Waals surface area contributed by atoms with Crippen molar-refractivity contribution in [3.05, 3.63) is 48.0 Å². The van der Waals surface area contributed by atoms with Crippen molar-refractivity contribution in [1.29, 1.82) is 0 Å². The minimum atomic E-state index is 0.384. The lowest BCUT2D eigenvalue weighted by Crippen LogP contribution is -2.35. The summed E-state index contributed by atoms with van der Waals surface area (Å²) in [5, 5.41) is 8.88. The molecule has 42 heavy (non-hydrogen) atoms. The second-order valence-corrected chi connectivity index (χ2v) is 11.5. The number of quaternary nitrogens is 1. The Kier molecular flexibility index (Phi) is 16.5. The van der Waals surface area contributed by atoms with Crippen LogP contribution in [0.5, 0.6) is 11.5 Å².